The SMILES string of the molecule is CCC(O)(c1cncc(F)c1)C(C)C. The minimum atomic E-state index is -0.977. The Morgan fingerprint density at radius 2 is 2.14 bits per heavy atom. The molecule has 78 valence electrons. The summed E-state index contributed by atoms with van der Waals surface area (Å²) in [6.45, 7) is 5.70. The molecule has 0 aromatic carbocycles. The third kappa shape index (κ3) is 1.93. The molecule has 2 nitrogen and oxygen atoms in total. The maximum atomic E-state index is 12.9. The van der Waals surface area contributed by atoms with Gasteiger partial charge in [-0.2, -0.15) is 0 Å². The molecule has 1 rings (SSSR count). The monoisotopic (exact) mass is 197 g/mol. The topological polar surface area (TPSA) is 33.1 Å². The second kappa shape index (κ2) is 4.05. The van der Waals surface area contributed by atoms with E-state index in [0.29, 0.717) is 12.0 Å². The van der Waals surface area contributed by atoms with Crippen LogP contribution in [0.25, 0.3) is 0 Å². The summed E-state index contributed by atoms with van der Waals surface area (Å²) in [5.41, 5.74) is -0.426. The summed E-state index contributed by atoms with van der Waals surface area (Å²) in [5.74, 6) is -0.369. The zero-order valence-electron chi connectivity index (χ0n) is 8.79. The predicted octanol–water partition coefficient (Wildman–Crippen LogP) is 2.47. The molecule has 1 heterocycles. The zero-order chi connectivity index (χ0) is 10.8. The quantitative estimate of drug-likeness (QED) is 0.807. The van der Waals surface area contributed by atoms with Crippen LogP contribution in [-0.2, 0) is 5.60 Å². The van der Waals surface area contributed by atoms with Gasteiger partial charge in [0.2, 0.25) is 0 Å². The number of rotatable bonds is 3. The number of aromatic nitrogens is 1. The van der Waals surface area contributed by atoms with Crippen molar-refractivity contribution in [2.24, 2.45) is 5.92 Å². The Morgan fingerprint density at radius 1 is 1.50 bits per heavy atom. The summed E-state index contributed by atoms with van der Waals surface area (Å²) in [5, 5.41) is 10.3. The van der Waals surface area contributed by atoms with E-state index in [9.17, 15) is 9.50 Å². The van der Waals surface area contributed by atoms with E-state index in [4.69, 9.17) is 0 Å². The van der Waals surface area contributed by atoms with E-state index >= 15 is 0 Å². The molecule has 0 saturated heterocycles. The Morgan fingerprint density at radius 3 is 2.57 bits per heavy atom. The Hall–Kier alpha value is -0.960. The Kier molecular flexibility index (Phi) is 3.21. The summed E-state index contributed by atoms with van der Waals surface area (Å²) >= 11 is 0. The lowest BCUT2D eigenvalue weighted by Gasteiger charge is -2.31. The van der Waals surface area contributed by atoms with Crippen LogP contribution in [0.4, 0.5) is 4.39 Å². The molecule has 3 heteroatoms. The minimum absolute atomic E-state index is 0.0381. The van der Waals surface area contributed by atoms with Crippen molar-refractivity contribution >= 4 is 0 Å². The molecule has 1 N–H and O–H groups in total. The van der Waals surface area contributed by atoms with Gasteiger partial charge < -0.3 is 5.11 Å². The summed E-state index contributed by atoms with van der Waals surface area (Å²) in [7, 11) is 0. The van der Waals surface area contributed by atoms with E-state index in [2.05, 4.69) is 4.98 Å². The van der Waals surface area contributed by atoms with E-state index < -0.39 is 11.4 Å². The first kappa shape index (κ1) is 11.1. The maximum Gasteiger partial charge on any atom is 0.141 e. The van der Waals surface area contributed by atoms with Gasteiger partial charge in [-0.3, -0.25) is 4.98 Å². The van der Waals surface area contributed by atoms with Gasteiger partial charge in [-0.25, -0.2) is 4.39 Å². The van der Waals surface area contributed by atoms with Crippen LogP contribution in [0.5, 0.6) is 0 Å². The second-order valence-corrected chi connectivity index (χ2v) is 3.82. The molecule has 0 aliphatic rings. The third-order valence-corrected chi connectivity index (χ3v) is 2.70. The van der Waals surface area contributed by atoms with Gasteiger partial charge in [-0.1, -0.05) is 20.8 Å². The highest BCUT2D eigenvalue weighted by atomic mass is 19.1. The lowest BCUT2D eigenvalue weighted by atomic mass is 9.82. The predicted molar refractivity (Wildman–Crippen MR) is 53.2 cm³/mol. The molecule has 0 fully saturated rings. The molecule has 0 spiro atoms. The molecule has 1 unspecified atom stereocenters. The van der Waals surface area contributed by atoms with Gasteiger partial charge in [-0.15, -0.1) is 0 Å². The molecular formula is C11H16FNO. The van der Waals surface area contributed by atoms with Gasteiger partial charge in [0.05, 0.1) is 11.8 Å². The molecule has 0 aliphatic heterocycles. The van der Waals surface area contributed by atoms with Crippen molar-refractivity contribution in [2.45, 2.75) is 32.8 Å². The summed E-state index contributed by atoms with van der Waals surface area (Å²) < 4.78 is 12.9. The fraction of sp³-hybridized carbons (Fsp3) is 0.545. The summed E-state index contributed by atoms with van der Waals surface area (Å²) in [6, 6.07) is 1.34. The van der Waals surface area contributed by atoms with Gasteiger partial charge >= 0.3 is 0 Å². The number of nitrogens with zero attached hydrogens (tertiary/aromatic N) is 1. The van der Waals surface area contributed by atoms with Crippen LogP contribution in [-0.4, -0.2) is 10.1 Å². The van der Waals surface area contributed by atoms with Crippen LogP contribution in [0.3, 0.4) is 0 Å². The normalized spacial score (nSPS) is 15.6. The van der Waals surface area contributed by atoms with Crippen molar-refractivity contribution in [3.05, 3.63) is 29.8 Å². The first-order valence-electron chi connectivity index (χ1n) is 4.84. The Bertz CT molecular complexity index is 314. The number of hydrogen-bond donors (Lipinski definition) is 1. The molecular weight excluding hydrogens is 181 g/mol. The maximum absolute atomic E-state index is 12.9. The Labute approximate surface area is 83.8 Å². The van der Waals surface area contributed by atoms with Crippen molar-refractivity contribution < 1.29 is 9.50 Å². The molecule has 0 aliphatic carbocycles. The van der Waals surface area contributed by atoms with Crippen LogP contribution in [0.15, 0.2) is 18.5 Å². The molecule has 0 bridgehead atoms. The van der Waals surface area contributed by atoms with Gasteiger partial charge in [0.1, 0.15) is 5.82 Å². The highest BCUT2D eigenvalue weighted by Gasteiger charge is 2.31. The van der Waals surface area contributed by atoms with E-state index in [1.54, 1.807) is 0 Å². The minimum Gasteiger partial charge on any atom is -0.385 e. The van der Waals surface area contributed by atoms with E-state index in [-0.39, 0.29) is 5.92 Å². The van der Waals surface area contributed by atoms with Crippen molar-refractivity contribution in [3.63, 3.8) is 0 Å². The van der Waals surface area contributed by atoms with Crippen LogP contribution in [0.1, 0.15) is 32.8 Å². The fourth-order valence-corrected chi connectivity index (χ4v) is 1.59. The van der Waals surface area contributed by atoms with Gasteiger partial charge in [0, 0.05) is 11.8 Å². The van der Waals surface area contributed by atoms with Crippen molar-refractivity contribution in [2.75, 3.05) is 0 Å². The van der Waals surface area contributed by atoms with Crippen LogP contribution >= 0.6 is 0 Å². The van der Waals surface area contributed by atoms with Crippen molar-refractivity contribution in [1.82, 2.24) is 4.98 Å². The second-order valence-electron chi connectivity index (χ2n) is 3.82. The van der Waals surface area contributed by atoms with Crippen molar-refractivity contribution in [1.29, 1.82) is 0 Å². The van der Waals surface area contributed by atoms with E-state index in [0.717, 1.165) is 6.20 Å². The van der Waals surface area contributed by atoms with E-state index in [1.807, 2.05) is 20.8 Å². The summed E-state index contributed by atoms with van der Waals surface area (Å²) in [4.78, 5) is 3.75. The molecule has 1 aromatic heterocycles. The first-order valence-corrected chi connectivity index (χ1v) is 4.84. The van der Waals surface area contributed by atoms with Crippen LogP contribution < -0.4 is 0 Å². The lowest BCUT2D eigenvalue weighted by molar-refractivity contribution is -0.0145. The number of halogens is 1. The van der Waals surface area contributed by atoms with Crippen LogP contribution in [0.2, 0.25) is 0 Å². The lowest BCUT2D eigenvalue weighted by Crippen LogP contribution is -2.31. The zero-order valence-corrected chi connectivity index (χ0v) is 8.79. The Balaban J connectivity index is 3.12. The number of pyridine rings is 1. The molecule has 0 radical (unpaired) electrons. The highest BCUT2D eigenvalue weighted by molar-refractivity contribution is 5.19. The number of aliphatic hydroxyl groups is 1. The molecule has 0 saturated carbocycles. The van der Waals surface area contributed by atoms with Crippen LogP contribution in [0, 0.1) is 11.7 Å². The molecule has 0 amide bonds. The fourth-order valence-electron chi connectivity index (χ4n) is 1.59. The molecule has 14 heavy (non-hydrogen) atoms. The largest absolute Gasteiger partial charge is 0.385 e. The average molecular weight is 197 g/mol. The third-order valence-electron chi connectivity index (χ3n) is 2.70. The summed E-state index contributed by atoms with van der Waals surface area (Å²) in [6.07, 6.45) is 3.21. The van der Waals surface area contributed by atoms with Gasteiger partial charge in [-0.05, 0) is 18.4 Å². The number of hydrogen-bond acceptors (Lipinski definition) is 2. The van der Waals surface area contributed by atoms with Gasteiger partial charge in [0.25, 0.3) is 0 Å². The molecule has 1 aromatic rings. The average Bonchev–Trinajstić information content (AvgIpc) is 2.16. The van der Waals surface area contributed by atoms with E-state index in [1.165, 1.54) is 12.3 Å². The molecule has 1 atom stereocenters. The standard InChI is InChI=1S/C11H16FNO/c1-4-11(14,8(2)3)9-5-10(12)7-13-6-9/h5-8,14H,4H2,1-3H3. The first-order chi connectivity index (χ1) is 6.50. The highest BCUT2D eigenvalue weighted by Crippen LogP contribution is 2.32. The smallest absolute Gasteiger partial charge is 0.141 e. The van der Waals surface area contributed by atoms with Gasteiger partial charge in [0.15, 0.2) is 0 Å². The van der Waals surface area contributed by atoms with Crippen molar-refractivity contribution in [3.8, 4) is 0 Å².